The third-order valence-electron chi connectivity index (χ3n) is 2.73. The van der Waals surface area contributed by atoms with Gasteiger partial charge in [0, 0.05) is 24.0 Å². The molecule has 0 bridgehead atoms. The number of alkyl halides is 1. The molecule has 1 aromatic rings. The van der Waals surface area contributed by atoms with Gasteiger partial charge in [0.1, 0.15) is 5.75 Å². The fourth-order valence-corrected chi connectivity index (χ4v) is 1.87. The largest absolute Gasteiger partial charge is 0.497 e. The number of carbonyl (C=O) groups excluding carboxylic acids is 1. The molecule has 0 atom stereocenters. The van der Waals surface area contributed by atoms with Crippen LogP contribution in [0.15, 0.2) is 24.3 Å². The number of benzene rings is 1. The van der Waals surface area contributed by atoms with Crippen molar-refractivity contribution in [3.8, 4) is 5.75 Å². The molecule has 0 aliphatic rings. The Morgan fingerprint density at radius 3 is 2.72 bits per heavy atom. The highest BCUT2D eigenvalue weighted by atomic mass is 35.5. The average Bonchev–Trinajstić information content (AvgIpc) is 2.38. The van der Waals surface area contributed by atoms with Crippen LogP contribution in [-0.2, 0) is 0 Å². The molecule has 1 amide bonds. The number of carbonyl (C=O) groups is 1. The molecule has 1 rings (SSSR count). The molecule has 0 radical (unpaired) electrons. The van der Waals surface area contributed by atoms with Gasteiger partial charge in [-0.05, 0) is 38.5 Å². The van der Waals surface area contributed by atoms with Crippen LogP contribution in [0.4, 0.5) is 0 Å². The maximum Gasteiger partial charge on any atom is 0.254 e. The van der Waals surface area contributed by atoms with Gasteiger partial charge in [-0.25, -0.2) is 0 Å². The summed E-state index contributed by atoms with van der Waals surface area (Å²) in [6.45, 7) is 4.69. The molecule has 0 aromatic heterocycles. The van der Waals surface area contributed by atoms with E-state index in [1.807, 2.05) is 30.9 Å². The number of hydrogen-bond donors (Lipinski definition) is 0. The van der Waals surface area contributed by atoms with Gasteiger partial charge in [0.05, 0.1) is 7.11 Å². The zero-order chi connectivity index (χ0) is 13.5. The van der Waals surface area contributed by atoms with Gasteiger partial charge in [0.25, 0.3) is 5.91 Å². The van der Waals surface area contributed by atoms with Crippen molar-refractivity contribution in [1.82, 2.24) is 4.90 Å². The Hall–Kier alpha value is -1.22. The van der Waals surface area contributed by atoms with E-state index in [1.165, 1.54) is 0 Å². The second-order valence-corrected chi connectivity index (χ2v) is 4.74. The van der Waals surface area contributed by atoms with Crippen LogP contribution < -0.4 is 4.74 Å². The van der Waals surface area contributed by atoms with Crippen LogP contribution in [0.2, 0.25) is 0 Å². The molecular formula is C14H20ClNO2. The van der Waals surface area contributed by atoms with Crippen LogP contribution in [-0.4, -0.2) is 36.4 Å². The first-order valence-electron chi connectivity index (χ1n) is 6.11. The van der Waals surface area contributed by atoms with Crippen molar-refractivity contribution in [3.63, 3.8) is 0 Å². The van der Waals surface area contributed by atoms with E-state index < -0.39 is 0 Å². The molecule has 0 unspecified atom stereocenters. The standard InChI is InChI=1S/C14H20ClNO2/c1-11(2)16(9-5-8-15)14(17)12-6-4-7-13(10-12)18-3/h4,6-7,10-11H,5,8-9H2,1-3H3. The summed E-state index contributed by atoms with van der Waals surface area (Å²) in [5.74, 6) is 1.28. The van der Waals surface area contributed by atoms with Crippen molar-refractivity contribution in [3.05, 3.63) is 29.8 Å². The Bertz CT molecular complexity index is 393. The van der Waals surface area contributed by atoms with Gasteiger partial charge in [0.15, 0.2) is 0 Å². The number of ether oxygens (including phenoxy) is 1. The SMILES string of the molecule is COc1cccc(C(=O)N(CCCCl)C(C)C)c1. The molecule has 18 heavy (non-hydrogen) atoms. The van der Waals surface area contributed by atoms with Crippen LogP contribution in [0, 0.1) is 0 Å². The molecule has 0 saturated carbocycles. The highest BCUT2D eigenvalue weighted by Crippen LogP contribution is 2.16. The average molecular weight is 270 g/mol. The molecule has 100 valence electrons. The van der Waals surface area contributed by atoms with Crippen LogP contribution in [0.3, 0.4) is 0 Å². The molecule has 1 aromatic carbocycles. The van der Waals surface area contributed by atoms with Gasteiger partial charge in [-0.1, -0.05) is 6.07 Å². The summed E-state index contributed by atoms with van der Waals surface area (Å²) in [4.78, 5) is 14.2. The van der Waals surface area contributed by atoms with Crippen LogP contribution in [0.25, 0.3) is 0 Å². The summed E-state index contributed by atoms with van der Waals surface area (Å²) in [5, 5.41) is 0. The number of halogens is 1. The van der Waals surface area contributed by atoms with Crippen LogP contribution >= 0.6 is 11.6 Å². The molecular weight excluding hydrogens is 250 g/mol. The summed E-state index contributed by atoms with van der Waals surface area (Å²) < 4.78 is 5.13. The zero-order valence-electron chi connectivity index (χ0n) is 11.1. The first-order chi connectivity index (χ1) is 8.60. The number of rotatable bonds is 6. The van der Waals surface area contributed by atoms with E-state index in [0.717, 1.165) is 6.42 Å². The molecule has 0 aliphatic heterocycles. The number of hydrogen-bond acceptors (Lipinski definition) is 2. The molecule has 0 aliphatic carbocycles. The quantitative estimate of drug-likeness (QED) is 0.743. The van der Waals surface area contributed by atoms with Gasteiger partial charge in [-0.15, -0.1) is 11.6 Å². The fourth-order valence-electron chi connectivity index (χ4n) is 1.75. The zero-order valence-corrected chi connectivity index (χ0v) is 11.9. The highest BCUT2D eigenvalue weighted by molar-refractivity contribution is 6.17. The summed E-state index contributed by atoms with van der Waals surface area (Å²) in [5.41, 5.74) is 0.651. The lowest BCUT2D eigenvalue weighted by atomic mass is 10.1. The number of methoxy groups -OCH3 is 1. The smallest absolute Gasteiger partial charge is 0.254 e. The minimum absolute atomic E-state index is 0.0222. The Morgan fingerprint density at radius 1 is 1.44 bits per heavy atom. The molecule has 0 saturated heterocycles. The van der Waals surface area contributed by atoms with E-state index in [4.69, 9.17) is 16.3 Å². The van der Waals surface area contributed by atoms with Crippen molar-refractivity contribution in [2.45, 2.75) is 26.3 Å². The maximum atomic E-state index is 12.4. The molecule has 0 fully saturated rings. The topological polar surface area (TPSA) is 29.5 Å². The van der Waals surface area contributed by atoms with Crippen molar-refractivity contribution in [2.24, 2.45) is 0 Å². The lowest BCUT2D eigenvalue weighted by Gasteiger charge is -2.26. The normalized spacial score (nSPS) is 10.5. The van der Waals surface area contributed by atoms with E-state index >= 15 is 0 Å². The predicted molar refractivity (Wildman–Crippen MR) is 74.5 cm³/mol. The number of nitrogens with zero attached hydrogens (tertiary/aromatic N) is 1. The van der Waals surface area contributed by atoms with Crippen molar-refractivity contribution >= 4 is 17.5 Å². The third kappa shape index (κ3) is 3.91. The van der Waals surface area contributed by atoms with E-state index in [0.29, 0.717) is 23.7 Å². The lowest BCUT2D eigenvalue weighted by Crippen LogP contribution is -2.37. The summed E-state index contributed by atoms with van der Waals surface area (Å²) in [6, 6.07) is 7.38. The first-order valence-corrected chi connectivity index (χ1v) is 6.64. The molecule has 0 N–H and O–H groups in total. The van der Waals surface area contributed by atoms with Gasteiger partial charge < -0.3 is 9.64 Å². The summed E-state index contributed by atoms with van der Waals surface area (Å²) in [6.07, 6.45) is 0.801. The fraction of sp³-hybridized carbons (Fsp3) is 0.500. The van der Waals surface area contributed by atoms with Crippen LogP contribution in [0.1, 0.15) is 30.6 Å². The monoisotopic (exact) mass is 269 g/mol. The van der Waals surface area contributed by atoms with Crippen molar-refractivity contribution in [2.75, 3.05) is 19.5 Å². The Balaban J connectivity index is 2.87. The van der Waals surface area contributed by atoms with E-state index in [9.17, 15) is 4.79 Å². The van der Waals surface area contributed by atoms with Gasteiger partial charge in [-0.2, -0.15) is 0 Å². The van der Waals surface area contributed by atoms with E-state index in [2.05, 4.69) is 0 Å². The Kier molecular flexibility index (Phi) is 5.99. The molecule has 3 nitrogen and oxygen atoms in total. The van der Waals surface area contributed by atoms with Crippen molar-refractivity contribution in [1.29, 1.82) is 0 Å². The lowest BCUT2D eigenvalue weighted by molar-refractivity contribution is 0.0706. The summed E-state index contributed by atoms with van der Waals surface area (Å²) >= 11 is 5.69. The Labute approximate surface area is 114 Å². The van der Waals surface area contributed by atoms with Gasteiger partial charge in [0.2, 0.25) is 0 Å². The molecule has 0 heterocycles. The third-order valence-corrected chi connectivity index (χ3v) is 3.00. The second kappa shape index (κ2) is 7.27. The number of amides is 1. The first kappa shape index (κ1) is 14.8. The highest BCUT2D eigenvalue weighted by Gasteiger charge is 2.18. The van der Waals surface area contributed by atoms with Gasteiger partial charge in [-0.3, -0.25) is 4.79 Å². The second-order valence-electron chi connectivity index (χ2n) is 4.37. The molecule has 4 heteroatoms. The van der Waals surface area contributed by atoms with E-state index in [1.54, 1.807) is 19.2 Å². The van der Waals surface area contributed by atoms with Gasteiger partial charge >= 0.3 is 0 Å². The van der Waals surface area contributed by atoms with Crippen molar-refractivity contribution < 1.29 is 9.53 Å². The Morgan fingerprint density at radius 2 is 2.17 bits per heavy atom. The minimum atomic E-state index is 0.0222. The van der Waals surface area contributed by atoms with Crippen LogP contribution in [0.5, 0.6) is 5.75 Å². The predicted octanol–water partition coefficient (Wildman–Crippen LogP) is 3.17. The minimum Gasteiger partial charge on any atom is -0.497 e. The molecule has 0 spiro atoms. The summed E-state index contributed by atoms with van der Waals surface area (Å²) in [7, 11) is 1.59. The van der Waals surface area contributed by atoms with E-state index in [-0.39, 0.29) is 11.9 Å². The maximum absolute atomic E-state index is 12.4.